The molecule has 2 aromatic rings. The van der Waals surface area contributed by atoms with Crippen LogP contribution in [0.2, 0.25) is 0 Å². The van der Waals surface area contributed by atoms with Crippen molar-refractivity contribution >= 4 is 17.5 Å². The van der Waals surface area contributed by atoms with Gasteiger partial charge in [0.15, 0.2) is 0 Å². The number of nitrogens with one attached hydrogen (secondary N) is 2. The van der Waals surface area contributed by atoms with Gasteiger partial charge in [0.1, 0.15) is 0 Å². The Labute approximate surface area is 116 Å². The molecule has 0 atom stereocenters. The molecule has 5 heteroatoms. The maximum absolute atomic E-state index is 11.9. The van der Waals surface area contributed by atoms with Gasteiger partial charge in [0, 0.05) is 16.8 Å². The molecule has 5 nitrogen and oxygen atoms in total. The van der Waals surface area contributed by atoms with Gasteiger partial charge in [-0.15, -0.1) is 0 Å². The van der Waals surface area contributed by atoms with Crippen LogP contribution in [0.25, 0.3) is 0 Å². The van der Waals surface area contributed by atoms with E-state index < -0.39 is 0 Å². The first-order valence-corrected chi connectivity index (χ1v) is 6.00. The smallest absolute Gasteiger partial charge is 0.274 e. The molecule has 0 fully saturated rings. The van der Waals surface area contributed by atoms with Crippen LogP contribution in [0.3, 0.4) is 0 Å². The Morgan fingerprint density at radius 2 is 1.45 bits per heavy atom. The van der Waals surface area contributed by atoms with E-state index in [1.165, 1.54) is 7.11 Å². The van der Waals surface area contributed by atoms with Gasteiger partial charge in [0.2, 0.25) is 0 Å². The molecule has 0 radical (unpaired) electrons. The SMILES string of the molecule is CONC(=O)c1ccc(NC(=O)c2ccccc2)cc1. The van der Waals surface area contributed by atoms with E-state index in [4.69, 9.17) is 0 Å². The molecular weight excluding hydrogens is 256 g/mol. The molecule has 102 valence electrons. The Bertz CT molecular complexity index is 594. The highest BCUT2D eigenvalue weighted by Crippen LogP contribution is 2.11. The van der Waals surface area contributed by atoms with Crippen LogP contribution in [-0.2, 0) is 4.84 Å². The molecule has 0 aromatic heterocycles. The minimum Gasteiger partial charge on any atom is -0.322 e. The number of amides is 2. The second-order valence-corrected chi connectivity index (χ2v) is 4.03. The highest BCUT2D eigenvalue weighted by Gasteiger charge is 2.07. The summed E-state index contributed by atoms with van der Waals surface area (Å²) in [4.78, 5) is 27.9. The second-order valence-electron chi connectivity index (χ2n) is 4.03. The first kappa shape index (κ1) is 13.8. The zero-order chi connectivity index (χ0) is 14.4. The van der Waals surface area contributed by atoms with Crippen LogP contribution in [0.5, 0.6) is 0 Å². The van der Waals surface area contributed by atoms with Crippen molar-refractivity contribution in [2.24, 2.45) is 0 Å². The number of carbonyl (C=O) groups excluding carboxylic acids is 2. The number of anilines is 1. The first-order chi connectivity index (χ1) is 9.70. The summed E-state index contributed by atoms with van der Waals surface area (Å²) in [5.41, 5.74) is 3.87. The summed E-state index contributed by atoms with van der Waals surface area (Å²) in [7, 11) is 1.37. The monoisotopic (exact) mass is 270 g/mol. The largest absolute Gasteiger partial charge is 0.322 e. The van der Waals surface area contributed by atoms with E-state index >= 15 is 0 Å². The Hall–Kier alpha value is -2.66. The lowest BCUT2D eigenvalue weighted by Gasteiger charge is -2.06. The molecule has 0 spiro atoms. The molecule has 0 aliphatic carbocycles. The van der Waals surface area contributed by atoms with E-state index in [2.05, 4.69) is 15.6 Å². The van der Waals surface area contributed by atoms with Gasteiger partial charge < -0.3 is 5.32 Å². The van der Waals surface area contributed by atoms with Crippen molar-refractivity contribution in [3.05, 3.63) is 65.7 Å². The Balaban J connectivity index is 2.04. The second kappa shape index (κ2) is 6.49. The Morgan fingerprint density at radius 3 is 2.05 bits per heavy atom. The predicted molar refractivity (Wildman–Crippen MR) is 75.3 cm³/mol. The van der Waals surface area contributed by atoms with Gasteiger partial charge in [-0.3, -0.25) is 14.4 Å². The summed E-state index contributed by atoms with van der Waals surface area (Å²) in [6.07, 6.45) is 0. The maximum Gasteiger partial charge on any atom is 0.274 e. The molecule has 2 rings (SSSR count). The van der Waals surface area contributed by atoms with Gasteiger partial charge in [-0.1, -0.05) is 18.2 Å². The van der Waals surface area contributed by atoms with Crippen molar-refractivity contribution in [2.45, 2.75) is 0 Å². The van der Waals surface area contributed by atoms with Gasteiger partial charge in [0.25, 0.3) is 11.8 Å². The lowest BCUT2D eigenvalue weighted by Crippen LogP contribution is -2.21. The average Bonchev–Trinajstić information content (AvgIpc) is 2.49. The van der Waals surface area contributed by atoms with Crippen LogP contribution in [0, 0.1) is 0 Å². The minimum atomic E-state index is -0.339. The highest BCUT2D eigenvalue weighted by atomic mass is 16.6. The molecular formula is C15H14N2O3. The van der Waals surface area contributed by atoms with Gasteiger partial charge in [-0.25, -0.2) is 5.48 Å². The third-order valence-electron chi connectivity index (χ3n) is 2.64. The number of hydrogen-bond donors (Lipinski definition) is 2. The van der Waals surface area contributed by atoms with E-state index in [9.17, 15) is 9.59 Å². The van der Waals surface area contributed by atoms with Crippen molar-refractivity contribution in [1.82, 2.24) is 5.48 Å². The molecule has 2 amide bonds. The zero-order valence-electron chi connectivity index (χ0n) is 10.9. The summed E-state index contributed by atoms with van der Waals surface area (Å²) in [5.74, 6) is -0.534. The van der Waals surface area contributed by atoms with Crippen LogP contribution in [-0.4, -0.2) is 18.9 Å². The molecule has 0 saturated carbocycles. The predicted octanol–water partition coefficient (Wildman–Crippen LogP) is 2.23. The van der Waals surface area contributed by atoms with Gasteiger partial charge in [0.05, 0.1) is 7.11 Å². The first-order valence-electron chi connectivity index (χ1n) is 6.00. The third-order valence-corrected chi connectivity index (χ3v) is 2.64. The fraction of sp³-hybridized carbons (Fsp3) is 0.0667. The van der Waals surface area contributed by atoms with Crippen LogP contribution >= 0.6 is 0 Å². The number of carbonyl (C=O) groups is 2. The summed E-state index contributed by atoms with van der Waals surface area (Å²) in [6.45, 7) is 0. The van der Waals surface area contributed by atoms with E-state index in [0.29, 0.717) is 16.8 Å². The summed E-state index contributed by atoms with van der Waals surface area (Å²) < 4.78 is 0. The van der Waals surface area contributed by atoms with Crippen molar-refractivity contribution in [2.75, 3.05) is 12.4 Å². The average molecular weight is 270 g/mol. The van der Waals surface area contributed by atoms with Crippen molar-refractivity contribution in [3.8, 4) is 0 Å². The van der Waals surface area contributed by atoms with Gasteiger partial charge >= 0.3 is 0 Å². The molecule has 0 saturated heterocycles. The summed E-state index contributed by atoms with van der Waals surface area (Å²) >= 11 is 0. The molecule has 0 heterocycles. The topological polar surface area (TPSA) is 67.4 Å². The van der Waals surface area contributed by atoms with E-state index in [1.54, 1.807) is 48.5 Å². The van der Waals surface area contributed by atoms with Crippen LogP contribution in [0.15, 0.2) is 54.6 Å². The molecule has 0 aliphatic heterocycles. The number of hydroxylamine groups is 1. The lowest BCUT2D eigenvalue weighted by atomic mass is 10.2. The summed E-state index contributed by atoms with van der Waals surface area (Å²) in [5, 5.41) is 2.75. The van der Waals surface area contributed by atoms with Crippen LogP contribution in [0.4, 0.5) is 5.69 Å². The fourth-order valence-corrected chi connectivity index (χ4v) is 1.65. The van der Waals surface area contributed by atoms with E-state index in [-0.39, 0.29) is 11.8 Å². The van der Waals surface area contributed by atoms with Crippen molar-refractivity contribution in [3.63, 3.8) is 0 Å². The lowest BCUT2D eigenvalue weighted by molar-refractivity contribution is 0.0537. The van der Waals surface area contributed by atoms with E-state index in [0.717, 1.165) is 0 Å². The Morgan fingerprint density at radius 1 is 0.850 bits per heavy atom. The van der Waals surface area contributed by atoms with Crippen molar-refractivity contribution < 1.29 is 14.4 Å². The quantitative estimate of drug-likeness (QED) is 0.837. The molecule has 0 unspecified atom stereocenters. The maximum atomic E-state index is 11.9. The molecule has 0 bridgehead atoms. The zero-order valence-corrected chi connectivity index (χ0v) is 10.9. The van der Waals surface area contributed by atoms with Crippen molar-refractivity contribution in [1.29, 1.82) is 0 Å². The fourth-order valence-electron chi connectivity index (χ4n) is 1.65. The number of rotatable bonds is 4. The minimum absolute atomic E-state index is 0.195. The van der Waals surface area contributed by atoms with Crippen LogP contribution in [0.1, 0.15) is 20.7 Å². The van der Waals surface area contributed by atoms with E-state index in [1.807, 2.05) is 6.07 Å². The molecule has 0 aliphatic rings. The summed E-state index contributed by atoms with van der Waals surface area (Å²) in [6, 6.07) is 15.4. The molecule has 2 aromatic carbocycles. The highest BCUT2D eigenvalue weighted by molar-refractivity contribution is 6.04. The molecule has 20 heavy (non-hydrogen) atoms. The molecule has 2 N–H and O–H groups in total. The van der Waals surface area contributed by atoms with Crippen LogP contribution < -0.4 is 10.8 Å². The standard InChI is InChI=1S/C15H14N2O3/c1-20-17-15(19)12-7-9-13(10-8-12)16-14(18)11-5-3-2-4-6-11/h2-10H,1H3,(H,16,18)(H,17,19). The van der Waals surface area contributed by atoms with Gasteiger partial charge in [-0.05, 0) is 36.4 Å². The number of hydrogen-bond acceptors (Lipinski definition) is 3. The normalized spacial score (nSPS) is 9.85. The number of benzene rings is 2. The van der Waals surface area contributed by atoms with Gasteiger partial charge in [-0.2, -0.15) is 0 Å². The third kappa shape index (κ3) is 3.43. The Kier molecular flexibility index (Phi) is 4.47.